The lowest BCUT2D eigenvalue weighted by Gasteiger charge is -1.81. The zero-order chi connectivity index (χ0) is 9.28. The smallest absolute Gasteiger partial charge is 0.338 e. The quantitative estimate of drug-likeness (QED) is 0.180. The highest BCUT2D eigenvalue weighted by molar-refractivity contribution is 5.69. The summed E-state index contributed by atoms with van der Waals surface area (Å²) >= 11 is 0. The van der Waals surface area contributed by atoms with E-state index in [0.29, 0.717) is 5.96 Å². The van der Waals surface area contributed by atoms with Gasteiger partial charge in [0.25, 0.3) is 0 Å². The maximum absolute atomic E-state index is 8.25. The standard InChI is InChI=1S/C4H11N3.NO3/c1-2-3-7-4(5)6;2-1(3)4/h2-3H2,1H3,(H4,5,6,7);/q;-1/p+1. The average Bonchev–Trinajstić information content (AvgIpc) is 1.82. The van der Waals surface area contributed by atoms with Crippen molar-refractivity contribution in [3.05, 3.63) is 15.3 Å². The van der Waals surface area contributed by atoms with Gasteiger partial charge in [-0.1, -0.05) is 6.92 Å². The van der Waals surface area contributed by atoms with E-state index >= 15 is 0 Å². The Morgan fingerprint density at radius 2 is 1.91 bits per heavy atom. The van der Waals surface area contributed by atoms with Crippen LogP contribution in [0.4, 0.5) is 0 Å². The van der Waals surface area contributed by atoms with Crippen molar-refractivity contribution in [2.45, 2.75) is 13.3 Å². The van der Waals surface area contributed by atoms with Gasteiger partial charge in [0.1, 0.15) is 0 Å². The summed E-state index contributed by atoms with van der Waals surface area (Å²) in [6.45, 7) is 2.91. The van der Waals surface area contributed by atoms with Crippen LogP contribution in [0.2, 0.25) is 0 Å². The number of nitrogens with zero attached hydrogens (tertiary/aromatic N) is 1. The zero-order valence-corrected chi connectivity index (χ0v) is 6.24. The van der Waals surface area contributed by atoms with Gasteiger partial charge in [0.05, 0.1) is 11.6 Å². The van der Waals surface area contributed by atoms with Gasteiger partial charge in [0, 0.05) is 0 Å². The molecule has 0 saturated carbocycles. The lowest BCUT2D eigenvalue weighted by atomic mass is 10.5. The second kappa shape index (κ2) is 8.47. The molecule has 0 unspecified atom stereocenters. The van der Waals surface area contributed by atoms with Gasteiger partial charge in [0.2, 0.25) is 0 Å². The maximum Gasteiger partial charge on any atom is 0.338 e. The molecule has 0 aromatic carbocycles. The summed E-state index contributed by atoms with van der Waals surface area (Å²) in [5.41, 5.74) is 10.1. The Bertz CT molecular complexity index is 127. The predicted octanol–water partition coefficient (Wildman–Crippen LogP) is -2.49. The summed E-state index contributed by atoms with van der Waals surface area (Å²) in [6.07, 6.45) is 1.05. The van der Waals surface area contributed by atoms with Crippen molar-refractivity contribution in [2.24, 2.45) is 11.5 Å². The van der Waals surface area contributed by atoms with Crippen LogP contribution in [0.15, 0.2) is 0 Å². The fourth-order valence-corrected chi connectivity index (χ4v) is 0.269. The van der Waals surface area contributed by atoms with Gasteiger partial charge >= 0.3 is 5.96 Å². The van der Waals surface area contributed by atoms with Crippen molar-refractivity contribution >= 4 is 5.96 Å². The van der Waals surface area contributed by atoms with E-state index in [9.17, 15) is 0 Å². The minimum atomic E-state index is -1.75. The van der Waals surface area contributed by atoms with E-state index in [1.54, 1.807) is 0 Å². The van der Waals surface area contributed by atoms with Crippen LogP contribution in [0, 0.1) is 15.3 Å². The largest absolute Gasteiger partial charge is 0.356 e. The number of guanidine groups is 1. The third-order valence-electron chi connectivity index (χ3n) is 0.579. The molecule has 0 aromatic rings. The third kappa shape index (κ3) is 58.1. The highest BCUT2D eigenvalue weighted by Crippen LogP contribution is 1.56. The minimum absolute atomic E-state index is 0.307. The van der Waals surface area contributed by atoms with Crippen molar-refractivity contribution in [1.29, 1.82) is 0 Å². The first-order valence-corrected chi connectivity index (χ1v) is 2.94. The molecule has 0 rings (SSSR count). The molecule has 0 radical (unpaired) electrons. The number of nitrogens with two attached hydrogens (primary N) is 2. The Labute approximate surface area is 63.8 Å². The fourth-order valence-electron chi connectivity index (χ4n) is 0.269. The first kappa shape index (κ1) is 12.2. The molecule has 0 aliphatic carbocycles. The normalized spacial score (nSPS) is 7.36. The Morgan fingerprint density at radius 1 is 1.55 bits per heavy atom. The molecule has 0 saturated heterocycles. The number of hydrogen-bond donors (Lipinski definition) is 3. The monoisotopic (exact) mass is 164 g/mol. The molecule has 5 N–H and O–H groups in total. The molecular weight excluding hydrogens is 152 g/mol. The summed E-state index contributed by atoms with van der Waals surface area (Å²) in [5, 5.41) is 14.8. The van der Waals surface area contributed by atoms with Crippen LogP contribution in [-0.2, 0) is 0 Å². The third-order valence-corrected chi connectivity index (χ3v) is 0.579. The van der Waals surface area contributed by atoms with E-state index in [2.05, 4.69) is 11.9 Å². The Hall–Kier alpha value is -1.53. The molecule has 0 bridgehead atoms. The molecule has 0 aliphatic rings. The van der Waals surface area contributed by atoms with E-state index in [0.717, 1.165) is 13.0 Å². The zero-order valence-electron chi connectivity index (χ0n) is 6.24. The minimum Gasteiger partial charge on any atom is -0.356 e. The first-order valence-electron chi connectivity index (χ1n) is 2.94. The first-order chi connectivity index (χ1) is 5.00. The molecule has 0 aliphatic heterocycles. The van der Waals surface area contributed by atoms with Crippen LogP contribution in [0.25, 0.3) is 0 Å². The highest BCUT2D eigenvalue weighted by atomic mass is 16.9. The van der Waals surface area contributed by atoms with E-state index in [1.807, 2.05) is 0 Å². The Kier molecular flexibility index (Phi) is 9.37. The predicted molar refractivity (Wildman–Crippen MR) is 39.9 cm³/mol. The Morgan fingerprint density at radius 3 is 2.00 bits per heavy atom. The molecule has 0 aromatic heterocycles. The molecule has 66 valence electrons. The number of hydrogen-bond acceptors (Lipinski definition) is 3. The van der Waals surface area contributed by atoms with Gasteiger partial charge in [-0.25, -0.2) is 0 Å². The molecule has 0 fully saturated rings. The van der Waals surface area contributed by atoms with Gasteiger partial charge in [-0.05, 0) is 6.42 Å². The van der Waals surface area contributed by atoms with E-state index in [1.165, 1.54) is 0 Å². The second-order valence-corrected chi connectivity index (χ2v) is 1.61. The van der Waals surface area contributed by atoms with Gasteiger partial charge in [0.15, 0.2) is 0 Å². The van der Waals surface area contributed by atoms with Crippen LogP contribution in [0.5, 0.6) is 0 Å². The van der Waals surface area contributed by atoms with Crippen molar-refractivity contribution in [3.63, 3.8) is 0 Å². The maximum atomic E-state index is 8.25. The van der Waals surface area contributed by atoms with E-state index < -0.39 is 5.09 Å². The lowest BCUT2D eigenvalue weighted by molar-refractivity contribution is -0.459. The number of rotatable bonds is 2. The van der Waals surface area contributed by atoms with Crippen LogP contribution >= 0.6 is 0 Å². The summed E-state index contributed by atoms with van der Waals surface area (Å²) in [6, 6.07) is 0. The summed E-state index contributed by atoms with van der Waals surface area (Å²) in [5.74, 6) is 0.307. The van der Waals surface area contributed by atoms with Gasteiger partial charge in [-0.15, -0.1) is 0 Å². The van der Waals surface area contributed by atoms with E-state index in [4.69, 9.17) is 26.8 Å². The number of nitrogens with one attached hydrogen (secondary N) is 1. The van der Waals surface area contributed by atoms with E-state index in [-0.39, 0.29) is 0 Å². The van der Waals surface area contributed by atoms with Crippen molar-refractivity contribution in [3.8, 4) is 0 Å². The molecule has 7 heteroatoms. The fraction of sp³-hybridized carbons (Fsp3) is 0.750. The van der Waals surface area contributed by atoms with Crippen molar-refractivity contribution in [2.75, 3.05) is 6.54 Å². The van der Waals surface area contributed by atoms with Crippen LogP contribution < -0.4 is 16.5 Å². The molecule has 0 heterocycles. The Balaban J connectivity index is 0. The van der Waals surface area contributed by atoms with Gasteiger partial charge < -0.3 is 15.3 Å². The van der Waals surface area contributed by atoms with Crippen LogP contribution in [0.1, 0.15) is 13.3 Å². The van der Waals surface area contributed by atoms with Crippen LogP contribution in [-0.4, -0.2) is 17.6 Å². The summed E-state index contributed by atoms with van der Waals surface area (Å²) in [7, 11) is 0. The topological polar surface area (TPSA) is 132 Å². The van der Waals surface area contributed by atoms with Crippen molar-refractivity contribution < 1.29 is 10.1 Å². The lowest BCUT2D eigenvalue weighted by Crippen LogP contribution is -2.77. The second-order valence-electron chi connectivity index (χ2n) is 1.61. The molecule has 0 amide bonds. The molecule has 0 spiro atoms. The molecule has 7 nitrogen and oxygen atoms in total. The van der Waals surface area contributed by atoms with Gasteiger partial charge in [-0.2, -0.15) is 0 Å². The van der Waals surface area contributed by atoms with Crippen LogP contribution in [0.3, 0.4) is 0 Å². The summed E-state index contributed by atoms with van der Waals surface area (Å²) in [4.78, 5) is 11.0. The average molecular weight is 164 g/mol. The SMILES string of the molecule is CCC[NH+]=C(N)N.O=[N+]([O-])[O-]. The molecule has 11 heavy (non-hydrogen) atoms. The highest BCUT2D eigenvalue weighted by Gasteiger charge is 1.80. The molecule has 0 atom stereocenters. The summed E-state index contributed by atoms with van der Waals surface area (Å²) < 4.78 is 0. The molecular formula is C4H12N4O3. The van der Waals surface area contributed by atoms with Crippen molar-refractivity contribution in [1.82, 2.24) is 0 Å². The van der Waals surface area contributed by atoms with Gasteiger partial charge in [-0.3, -0.25) is 16.5 Å².